The summed E-state index contributed by atoms with van der Waals surface area (Å²) in [5.41, 5.74) is 2.23. The lowest BCUT2D eigenvalue weighted by molar-refractivity contribution is -0.0969. The standard InChI is InChI=1S/C19H21FN2O3/c20-15-5-3-13(4-6-15)16-10-21-11-17(16)18(23)22-7-1-2-14(12-22)19-24-8-9-25-19/h3-6,10-11,14,19,21H,1-2,7-9,12H2/t14-/m1/s1. The molecule has 2 aliphatic heterocycles. The number of nitrogens with zero attached hydrogens (tertiary/aromatic N) is 1. The number of nitrogens with one attached hydrogen (secondary N) is 1. The molecule has 1 atom stereocenters. The van der Waals surface area contributed by atoms with Crippen LogP contribution in [-0.2, 0) is 9.47 Å². The third kappa shape index (κ3) is 3.32. The van der Waals surface area contributed by atoms with Crippen molar-refractivity contribution >= 4 is 5.91 Å². The van der Waals surface area contributed by atoms with E-state index >= 15 is 0 Å². The van der Waals surface area contributed by atoms with Crippen LogP contribution >= 0.6 is 0 Å². The number of aromatic amines is 1. The second kappa shape index (κ2) is 6.98. The molecule has 132 valence electrons. The van der Waals surface area contributed by atoms with E-state index in [1.165, 1.54) is 12.1 Å². The predicted molar refractivity (Wildman–Crippen MR) is 90.5 cm³/mol. The van der Waals surface area contributed by atoms with Gasteiger partial charge in [0.25, 0.3) is 5.91 Å². The van der Waals surface area contributed by atoms with Gasteiger partial charge in [-0.3, -0.25) is 4.79 Å². The third-order valence-corrected chi connectivity index (χ3v) is 4.91. The number of carbonyl (C=O) groups excluding carboxylic acids is 1. The highest BCUT2D eigenvalue weighted by atomic mass is 19.1. The zero-order chi connectivity index (χ0) is 17.2. The first-order valence-corrected chi connectivity index (χ1v) is 8.67. The molecule has 0 unspecified atom stereocenters. The maximum Gasteiger partial charge on any atom is 0.256 e. The normalized spacial score (nSPS) is 21.6. The highest BCUT2D eigenvalue weighted by Crippen LogP contribution is 2.29. The third-order valence-electron chi connectivity index (χ3n) is 4.91. The minimum atomic E-state index is -0.289. The lowest BCUT2D eigenvalue weighted by Crippen LogP contribution is -2.43. The molecule has 0 spiro atoms. The molecule has 25 heavy (non-hydrogen) atoms. The van der Waals surface area contributed by atoms with Gasteiger partial charge in [-0.1, -0.05) is 12.1 Å². The van der Waals surface area contributed by atoms with Gasteiger partial charge in [-0.25, -0.2) is 4.39 Å². The van der Waals surface area contributed by atoms with Gasteiger partial charge in [0, 0.05) is 37.0 Å². The maximum absolute atomic E-state index is 13.2. The summed E-state index contributed by atoms with van der Waals surface area (Å²) in [6, 6.07) is 6.19. The van der Waals surface area contributed by atoms with Gasteiger partial charge >= 0.3 is 0 Å². The van der Waals surface area contributed by atoms with Gasteiger partial charge in [-0.05, 0) is 30.5 Å². The van der Waals surface area contributed by atoms with Crippen LogP contribution in [0.2, 0.25) is 0 Å². The van der Waals surface area contributed by atoms with Crippen LogP contribution in [-0.4, -0.2) is 48.4 Å². The molecule has 1 aromatic heterocycles. The molecule has 2 aliphatic rings. The molecule has 1 aromatic carbocycles. The number of H-pyrrole nitrogens is 1. The number of hydrogen-bond donors (Lipinski definition) is 1. The van der Waals surface area contributed by atoms with Crippen molar-refractivity contribution < 1.29 is 18.7 Å². The average Bonchev–Trinajstić information content (AvgIpc) is 3.34. The highest BCUT2D eigenvalue weighted by Gasteiger charge is 2.33. The summed E-state index contributed by atoms with van der Waals surface area (Å²) in [5.74, 6) is -0.0840. The van der Waals surface area contributed by atoms with Crippen molar-refractivity contribution in [1.82, 2.24) is 9.88 Å². The van der Waals surface area contributed by atoms with Crippen molar-refractivity contribution in [2.75, 3.05) is 26.3 Å². The summed E-state index contributed by atoms with van der Waals surface area (Å²) in [6.07, 6.45) is 5.25. The van der Waals surface area contributed by atoms with E-state index in [1.54, 1.807) is 24.5 Å². The molecule has 3 heterocycles. The average molecular weight is 344 g/mol. The van der Waals surface area contributed by atoms with E-state index < -0.39 is 0 Å². The highest BCUT2D eigenvalue weighted by molar-refractivity contribution is 6.00. The van der Waals surface area contributed by atoms with Crippen molar-refractivity contribution in [2.24, 2.45) is 5.92 Å². The van der Waals surface area contributed by atoms with Crippen molar-refractivity contribution in [2.45, 2.75) is 19.1 Å². The molecule has 4 rings (SSSR count). The Hall–Kier alpha value is -2.18. The van der Waals surface area contributed by atoms with Gasteiger partial charge in [0.15, 0.2) is 6.29 Å². The van der Waals surface area contributed by atoms with Gasteiger partial charge in [-0.2, -0.15) is 0 Å². The molecular formula is C19H21FN2O3. The van der Waals surface area contributed by atoms with Gasteiger partial charge in [-0.15, -0.1) is 0 Å². The first-order valence-electron chi connectivity index (χ1n) is 8.67. The van der Waals surface area contributed by atoms with Crippen molar-refractivity contribution in [3.05, 3.63) is 48.0 Å². The molecule has 6 heteroatoms. The molecule has 0 aliphatic carbocycles. The molecule has 1 amide bonds. The Morgan fingerprint density at radius 3 is 2.68 bits per heavy atom. The van der Waals surface area contributed by atoms with Crippen LogP contribution in [0, 0.1) is 11.7 Å². The predicted octanol–water partition coefficient (Wildman–Crippen LogP) is 3.05. The minimum Gasteiger partial charge on any atom is -0.366 e. The molecule has 2 saturated heterocycles. The zero-order valence-electron chi connectivity index (χ0n) is 13.9. The number of rotatable bonds is 3. The molecule has 0 saturated carbocycles. The number of halogens is 1. The van der Waals surface area contributed by atoms with Gasteiger partial charge < -0.3 is 19.4 Å². The molecule has 2 fully saturated rings. The Morgan fingerprint density at radius 1 is 1.16 bits per heavy atom. The zero-order valence-corrected chi connectivity index (χ0v) is 13.9. The van der Waals surface area contributed by atoms with Crippen molar-refractivity contribution in [3.8, 4) is 11.1 Å². The molecule has 5 nitrogen and oxygen atoms in total. The summed E-state index contributed by atoms with van der Waals surface area (Å²) in [5, 5.41) is 0. The van der Waals surface area contributed by atoms with E-state index in [-0.39, 0.29) is 23.9 Å². The Morgan fingerprint density at radius 2 is 1.92 bits per heavy atom. The quantitative estimate of drug-likeness (QED) is 0.931. The number of aromatic nitrogens is 1. The topological polar surface area (TPSA) is 54.6 Å². The van der Waals surface area contributed by atoms with E-state index in [2.05, 4.69) is 4.98 Å². The van der Waals surface area contributed by atoms with Crippen molar-refractivity contribution in [3.63, 3.8) is 0 Å². The number of likely N-dealkylation sites (tertiary alicyclic amines) is 1. The Kier molecular flexibility index (Phi) is 4.55. The fourth-order valence-corrected chi connectivity index (χ4v) is 3.64. The van der Waals surface area contributed by atoms with Gasteiger partial charge in [0.1, 0.15) is 5.82 Å². The summed E-state index contributed by atoms with van der Waals surface area (Å²) in [7, 11) is 0. The summed E-state index contributed by atoms with van der Waals surface area (Å²) >= 11 is 0. The van der Waals surface area contributed by atoms with Crippen LogP contribution in [0.15, 0.2) is 36.7 Å². The van der Waals surface area contributed by atoms with Crippen LogP contribution in [0.5, 0.6) is 0 Å². The van der Waals surface area contributed by atoms with Crippen LogP contribution in [0.3, 0.4) is 0 Å². The number of carbonyl (C=O) groups is 1. The van der Waals surface area contributed by atoms with Crippen molar-refractivity contribution in [1.29, 1.82) is 0 Å². The van der Waals surface area contributed by atoms with Gasteiger partial charge in [0.05, 0.1) is 18.8 Å². The van der Waals surface area contributed by atoms with E-state index in [9.17, 15) is 9.18 Å². The Bertz CT molecular complexity index is 737. The number of amides is 1. The first-order chi connectivity index (χ1) is 12.2. The smallest absolute Gasteiger partial charge is 0.256 e. The number of benzene rings is 1. The lowest BCUT2D eigenvalue weighted by atomic mass is 9.96. The van der Waals surface area contributed by atoms with E-state index in [0.717, 1.165) is 30.5 Å². The summed E-state index contributed by atoms with van der Waals surface area (Å²) in [4.78, 5) is 17.9. The first kappa shape index (κ1) is 16.3. The van der Waals surface area contributed by atoms with E-state index in [1.807, 2.05) is 4.90 Å². The summed E-state index contributed by atoms with van der Waals surface area (Å²) < 4.78 is 24.4. The van der Waals surface area contributed by atoms with Crippen LogP contribution in [0.4, 0.5) is 4.39 Å². The van der Waals surface area contributed by atoms with Crippen LogP contribution in [0.1, 0.15) is 23.2 Å². The molecule has 1 N–H and O–H groups in total. The number of ether oxygens (including phenoxy) is 2. The molecular weight excluding hydrogens is 323 g/mol. The number of piperidine rings is 1. The van der Waals surface area contributed by atoms with Gasteiger partial charge in [0.2, 0.25) is 0 Å². The molecule has 2 aromatic rings. The fourth-order valence-electron chi connectivity index (χ4n) is 3.64. The Labute approximate surface area is 145 Å². The van der Waals surface area contributed by atoms with Crippen LogP contribution < -0.4 is 0 Å². The second-order valence-electron chi connectivity index (χ2n) is 6.55. The molecule has 0 radical (unpaired) electrons. The summed E-state index contributed by atoms with van der Waals surface area (Å²) in [6.45, 7) is 2.62. The van der Waals surface area contributed by atoms with E-state index in [0.29, 0.717) is 25.3 Å². The van der Waals surface area contributed by atoms with Crippen LogP contribution in [0.25, 0.3) is 11.1 Å². The lowest BCUT2D eigenvalue weighted by Gasteiger charge is -2.34. The molecule has 0 bridgehead atoms. The maximum atomic E-state index is 13.2. The monoisotopic (exact) mass is 344 g/mol. The fraction of sp³-hybridized carbons (Fsp3) is 0.421. The Balaban J connectivity index is 1.53. The number of hydrogen-bond acceptors (Lipinski definition) is 3. The minimum absolute atomic E-state index is 0.0109. The second-order valence-corrected chi connectivity index (χ2v) is 6.55. The largest absolute Gasteiger partial charge is 0.366 e. The SMILES string of the molecule is O=C(c1c[nH]cc1-c1ccc(F)cc1)N1CCC[C@@H](C2OCCO2)C1. The van der Waals surface area contributed by atoms with E-state index in [4.69, 9.17) is 9.47 Å².